The summed E-state index contributed by atoms with van der Waals surface area (Å²) in [6.07, 6.45) is -4.57. The van der Waals surface area contributed by atoms with Gasteiger partial charge < -0.3 is 5.32 Å². The molecule has 2 aromatic heterocycles. The number of hydrogen-bond donors (Lipinski definition) is 1. The van der Waals surface area contributed by atoms with E-state index in [-0.39, 0.29) is 11.2 Å². The third kappa shape index (κ3) is 3.52. The van der Waals surface area contributed by atoms with E-state index >= 15 is 0 Å². The molecule has 2 heterocycles. The van der Waals surface area contributed by atoms with Gasteiger partial charge in [-0.1, -0.05) is 43.7 Å². The van der Waals surface area contributed by atoms with Gasteiger partial charge in [-0.3, -0.25) is 0 Å². The maximum atomic E-state index is 13.7. The van der Waals surface area contributed by atoms with Gasteiger partial charge in [0.2, 0.25) is 0 Å². The molecule has 0 radical (unpaired) electrons. The predicted molar refractivity (Wildman–Crippen MR) is 96.2 cm³/mol. The first-order chi connectivity index (χ1) is 12.2. The third-order valence-corrected chi connectivity index (χ3v) is 4.02. The van der Waals surface area contributed by atoms with Gasteiger partial charge in [0.25, 0.3) is 0 Å². The van der Waals surface area contributed by atoms with Gasteiger partial charge in [0.05, 0.1) is 5.56 Å². The zero-order valence-corrected chi connectivity index (χ0v) is 15.1. The Morgan fingerprint density at radius 3 is 2.35 bits per heavy atom. The Kier molecular flexibility index (Phi) is 4.64. The molecule has 3 rings (SSSR count). The summed E-state index contributed by atoms with van der Waals surface area (Å²) in [6, 6.07) is 8.63. The first kappa shape index (κ1) is 18.2. The Balaban J connectivity index is 2.28. The SMILES string of the molecule is Cc1ccc(-c2c(C(F)(F)F)nn3c(NCC(C)C)cc(C)nc23)cc1. The number of rotatable bonds is 4. The third-order valence-electron chi connectivity index (χ3n) is 4.02. The van der Waals surface area contributed by atoms with E-state index in [1.807, 2.05) is 20.8 Å². The second-order valence-corrected chi connectivity index (χ2v) is 6.88. The van der Waals surface area contributed by atoms with E-state index in [2.05, 4.69) is 15.4 Å². The van der Waals surface area contributed by atoms with Gasteiger partial charge in [0.15, 0.2) is 11.3 Å². The Hall–Kier alpha value is -2.57. The van der Waals surface area contributed by atoms with Gasteiger partial charge in [-0.15, -0.1) is 0 Å². The summed E-state index contributed by atoms with van der Waals surface area (Å²) in [4.78, 5) is 4.36. The Bertz CT molecular complexity index is 925. The first-order valence-corrected chi connectivity index (χ1v) is 8.45. The van der Waals surface area contributed by atoms with Gasteiger partial charge >= 0.3 is 6.18 Å². The van der Waals surface area contributed by atoms with Crippen LogP contribution in [0.4, 0.5) is 19.0 Å². The fraction of sp³-hybridized carbons (Fsp3) is 0.368. The summed E-state index contributed by atoms with van der Waals surface area (Å²) in [5.41, 5.74) is 1.34. The van der Waals surface area contributed by atoms with Crippen LogP contribution in [0, 0.1) is 19.8 Å². The van der Waals surface area contributed by atoms with Crippen molar-refractivity contribution in [3.05, 3.63) is 47.3 Å². The lowest BCUT2D eigenvalue weighted by Crippen LogP contribution is -2.13. The average Bonchev–Trinajstić information content (AvgIpc) is 2.93. The van der Waals surface area contributed by atoms with Crippen LogP contribution in [0.25, 0.3) is 16.8 Å². The van der Waals surface area contributed by atoms with Crippen molar-refractivity contribution in [2.24, 2.45) is 5.92 Å². The van der Waals surface area contributed by atoms with Crippen LogP contribution in [0.2, 0.25) is 0 Å². The molecule has 0 fully saturated rings. The topological polar surface area (TPSA) is 42.2 Å². The van der Waals surface area contributed by atoms with Crippen LogP contribution < -0.4 is 5.32 Å². The number of aryl methyl sites for hydroxylation is 2. The molecular weight excluding hydrogens is 341 g/mol. The first-order valence-electron chi connectivity index (χ1n) is 8.45. The minimum Gasteiger partial charge on any atom is -0.370 e. The van der Waals surface area contributed by atoms with E-state index in [1.165, 1.54) is 4.52 Å². The number of benzene rings is 1. The number of halogens is 3. The van der Waals surface area contributed by atoms with Crippen molar-refractivity contribution < 1.29 is 13.2 Å². The van der Waals surface area contributed by atoms with Gasteiger partial charge in [0.1, 0.15) is 5.82 Å². The summed E-state index contributed by atoms with van der Waals surface area (Å²) in [5.74, 6) is 0.845. The van der Waals surface area contributed by atoms with Crippen LogP contribution in [0.15, 0.2) is 30.3 Å². The molecule has 0 aliphatic carbocycles. The highest BCUT2D eigenvalue weighted by atomic mass is 19.4. The normalized spacial score (nSPS) is 12.2. The van der Waals surface area contributed by atoms with Crippen LogP contribution >= 0.6 is 0 Å². The van der Waals surface area contributed by atoms with Crippen molar-refractivity contribution in [3.8, 4) is 11.1 Å². The van der Waals surface area contributed by atoms with Crippen molar-refractivity contribution in [1.29, 1.82) is 0 Å². The lowest BCUT2D eigenvalue weighted by Gasteiger charge is -2.11. The minimum absolute atomic E-state index is 0.00815. The van der Waals surface area contributed by atoms with E-state index in [1.54, 1.807) is 37.3 Å². The molecule has 3 aromatic rings. The van der Waals surface area contributed by atoms with E-state index in [9.17, 15) is 13.2 Å². The molecule has 0 saturated carbocycles. The minimum atomic E-state index is -4.57. The molecule has 1 aromatic carbocycles. The second kappa shape index (κ2) is 6.63. The fourth-order valence-corrected chi connectivity index (χ4v) is 2.76. The lowest BCUT2D eigenvalue weighted by atomic mass is 10.0. The molecule has 1 N–H and O–H groups in total. The summed E-state index contributed by atoms with van der Waals surface area (Å²) in [7, 11) is 0. The highest BCUT2D eigenvalue weighted by molar-refractivity contribution is 5.81. The molecule has 4 nitrogen and oxygen atoms in total. The van der Waals surface area contributed by atoms with Gasteiger partial charge in [0, 0.05) is 18.3 Å². The van der Waals surface area contributed by atoms with E-state index < -0.39 is 11.9 Å². The van der Waals surface area contributed by atoms with Crippen molar-refractivity contribution in [1.82, 2.24) is 14.6 Å². The Morgan fingerprint density at radius 2 is 1.77 bits per heavy atom. The largest absolute Gasteiger partial charge is 0.435 e. The van der Waals surface area contributed by atoms with Gasteiger partial charge in [-0.2, -0.15) is 22.8 Å². The summed E-state index contributed by atoms with van der Waals surface area (Å²) in [6.45, 7) is 8.33. The summed E-state index contributed by atoms with van der Waals surface area (Å²) in [5, 5.41) is 7.04. The maximum absolute atomic E-state index is 13.7. The molecule has 0 aliphatic heterocycles. The zero-order valence-electron chi connectivity index (χ0n) is 15.1. The number of nitrogens with one attached hydrogen (secondary N) is 1. The standard InChI is InChI=1S/C19H21F3N4/c1-11(2)10-23-15-9-13(4)24-18-16(14-7-5-12(3)6-8-14)17(19(20,21)22)25-26(15)18/h5-9,11,23H,10H2,1-4H3. The van der Waals surface area contributed by atoms with Crippen LogP contribution in [-0.4, -0.2) is 21.1 Å². The molecule has 0 spiro atoms. The number of aromatic nitrogens is 3. The monoisotopic (exact) mass is 362 g/mol. The number of hydrogen-bond acceptors (Lipinski definition) is 3. The average molecular weight is 362 g/mol. The van der Waals surface area contributed by atoms with Crippen LogP contribution in [0.5, 0.6) is 0 Å². The van der Waals surface area contributed by atoms with E-state index in [0.29, 0.717) is 29.5 Å². The Morgan fingerprint density at radius 1 is 1.12 bits per heavy atom. The smallest absolute Gasteiger partial charge is 0.370 e. The molecule has 7 heteroatoms. The molecule has 26 heavy (non-hydrogen) atoms. The molecule has 0 aliphatic rings. The number of anilines is 1. The lowest BCUT2D eigenvalue weighted by molar-refractivity contribution is -0.140. The molecular formula is C19H21F3N4. The highest BCUT2D eigenvalue weighted by Crippen LogP contribution is 2.39. The van der Waals surface area contributed by atoms with Crippen LogP contribution in [0.3, 0.4) is 0 Å². The molecule has 138 valence electrons. The van der Waals surface area contributed by atoms with E-state index in [4.69, 9.17) is 0 Å². The molecule has 0 unspecified atom stereocenters. The van der Waals surface area contributed by atoms with Crippen LogP contribution in [0.1, 0.15) is 30.8 Å². The second-order valence-electron chi connectivity index (χ2n) is 6.88. The predicted octanol–water partition coefficient (Wildman–Crippen LogP) is 5.10. The maximum Gasteiger partial charge on any atom is 0.435 e. The van der Waals surface area contributed by atoms with Gasteiger partial charge in [-0.25, -0.2) is 4.98 Å². The number of fused-ring (bicyclic) bond motifs is 1. The summed E-state index contributed by atoms with van der Waals surface area (Å²) >= 11 is 0. The quantitative estimate of drug-likeness (QED) is 0.702. The summed E-state index contributed by atoms with van der Waals surface area (Å²) < 4.78 is 42.3. The molecule has 0 bridgehead atoms. The number of nitrogens with zero attached hydrogens (tertiary/aromatic N) is 3. The fourth-order valence-electron chi connectivity index (χ4n) is 2.76. The van der Waals surface area contributed by atoms with Crippen molar-refractivity contribution in [2.45, 2.75) is 33.9 Å². The van der Waals surface area contributed by atoms with Gasteiger partial charge in [-0.05, 0) is 25.3 Å². The molecule has 0 atom stereocenters. The van der Waals surface area contributed by atoms with Crippen molar-refractivity contribution >= 4 is 11.5 Å². The van der Waals surface area contributed by atoms with Crippen LogP contribution in [-0.2, 0) is 6.18 Å². The van der Waals surface area contributed by atoms with Crippen molar-refractivity contribution in [3.63, 3.8) is 0 Å². The molecule has 0 saturated heterocycles. The van der Waals surface area contributed by atoms with E-state index in [0.717, 1.165) is 5.56 Å². The zero-order chi connectivity index (χ0) is 19.1. The highest BCUT2D eigenvalue weighted by Gasteiger charge is 2.39. The number of alkyl halides is 3. The molecule has 0 amide bonds. The Labute approximate surface area is 150 Å². The van der Waals surface area contributed by atoms with Crippen molar-refractivity contribution in [2.75, 3.05) is 11.9 Å².